The molecule has 5 nitrogen and oxygen atoms in total. The second kappa shape index (κ2) is 8.26. The van der Waals surface area contributed by atoms with Crippen LogP contribution in [0.4, 0.5) is 0 Å². The van der Waals surface area contributed by atoms with Crippen molar-refractivity contribution >= 4 is 11.9 Å². The summed E-state index contributed by atoms with van der Waals surface area (Å²) < 4.78 is 0. The lowest BCUT2D eigenvalue weighted by Gasteiger charge is -2.06. The molecule has 1 aromatic rings. The fourth-order valence-electron chi connectivity index (χ4n) is 1.72. The second-order valence-corrected chi connectivity index (χ2v) is 4.31. The predicted octanol–water partition coefficient (Wildman–Crippen LogP) is 1.04. The van der Waals surface area contributed by atoms with Gasteiger partial charge in [-0.25, -0.2) is 4.79 Å². The maximum atomic E-state index is 11.5. The van der Waals surface area contributed by atoms with E-state index in [1.54, 1.807) is 18.2 Å². The first kappa shape index (κ1) is 15.2. The number of nitrogens with one attached hydrogen (secondary N) is 2. The topological polar surface area (TPSA) is 78.4 Å². The van der Waals surface area contributed by atoms with Crippen molar-refractivity contribution in [1.29, 1.82) is 0 Å². The highest BCUT2D eigenvalue weighted by atomic mass is 16.4. The summed E-state index contributed by atoms with van der Waals surface area (Å²) in [5.74, 6) is -0.900. The van der Waals surface area contributed by atoms with Crippen molar-refractivity contribution in [3.63, 3.8) is 0 Å². The molecule has 0 saturated heterocycles. The Morgan fingerprint density at radius 1 is 1.26 bits per heavy atom. The number of carbonyl (C=O) groups excluding carboxylic acids is 1. The Morgan fingerprint density at radius 3 is 2.74 bits per heavy atom. The molecule has 0 aromatic heterocycles. The molecule has 0 unspecified atom stereocenters. The van der Waals surface area contributed by atoms with Crippen LogP contribution < -0.4 is 10.6 Å². The molecule has 0 heterocycles. The van der Waals surface area contributed by atoms with Crippen LogP contribution in [0.3, 0.4) is 0 Å². The summed E-state index contributed by atoms with van der Waals surface area (Å²) in [6, 6.07) is 6.77. The molecule has 1 aromatic carbocycles. The SMILES string of the molecule is CNCCCC(=O)NCCc1cccc(C(=O)O)c1. The number of hydrogen-bond donors (Lipinski definition) is 3. The van der Waals surface area contributed by atoms with Crippen LogP contribution in [-0.4, -0.2) is 37.1 Å². The molecular weight excluding hydrogens is 244 g/mol. The van der Waals surface area contributed by atoms with Crippen molar-refractivity contribution in [1.82, 2.24) is 10.6 Å². The zero-order valence-electron chi connectivity index (χ0n) is 11.1. The molecule has 0 radical (unpaired) electrons. The number of benzene rings is 1. The molecule has 3 N–H and O–H groups in total. The van der Waals surface area contributed by atoms with E-state index in [0.29, 0.717) is 19.4 Å². The lowest BCUT2D eigenvalue weighted by molar-refractivity contribution is -0.121. The third-order valence-electron chi connectivity index (χ3n) is 2.74. The molecule has 0 spiro atoms. The molecular formula is C14H20N2O3. The number of hydrogen-bond acceptors (Lipinski definition) is 3. The number of amides is 1. The highest BCUT2D eigenvalue weighted by Crippen LogP contribution is 2.05. The first-order valence-electron chi connectivity index (χ1n) is 6.37. The molecule has 0 aliphatic rings. The van der Waals surface area contributed by atoms with E-state index in [1.165, 1.54) is 0 Å². The third-order valence-corrected chi connectivity index (χ3v) is 2.74. The van der Waals surface area contributed by atoms with Gasteiger partial charge in [0.2, 0.25) is 5.91 Å². The van der Waals surface area contributed by atoms with Crippen molar-refractivity contribution in [2.24, 2.45) is 0 Å². The van der Waals surface area contributed by atoms with E-state index in [2.05, 4.69) is 10.6 Å². The van der Waals surface area contributed by atoms with Gasteiger partial charge < -0.3 is 15.7 Å². The van der Waals surface area contributed by atoms with E-state index in [-0.39, 0.29) is 11.5 Å². The maximum absolute atomic E-state index is 11.5. The molecule has 0 atom stereocenters. The van der Waals surface area contributed by atoms with E-state index >= 15 is 0 Å². The first-order valence-corrected chi connectivity index (χ1v) is 6.37. The van der Waals surface area contributed by atoms with Crippen LogP contribution in [0.1, 0.15) is 28.8 Å². The van der Waals surface area contributed by atoms with Gasteiger partial charge in [-0.2, -0.15) is 0 Å². The minimum Gasteiger partial charge on any atom is -0.478 e. The van der Waals surface area contributed by atoms with Gasteiger partial charge >= 0.3 is 5.97 Å². The molecule has 104 valence electrons. The van der Waals surface area contributed by atoms with Gasteiger partial charge in [-0.3, -0.25) is 4.79 Å². The van der Waals surface area contributed by atoms with Crippen LogP contribution in [-0.2, 0) is 11.2 Å². The van der Waals surface area contributed by atoms with E-state index < -0.39 is 5.97 Å². The third kappa shape index (κ3) is 6.01. The summed E-state index contributed by atoms with van der Waals surface area (Å²) in [6.45, 7) is 1.36. The van der Waals surface area contributed by atoms with E-state index in [0.717, 1.165) is 18.5 Å². The smallest absolute Gasteiger partial charge is 0.335 e. The Kier molecular flexibility index (Phi) is 6.60. The number of aromatic carboxylic acids is 1. The van der Waals surface area contributed by atoms with Crippen LogP contribution in [0.15, 0.2) is 24.3 Å². The fourth-order valence-corrected chi connectivity index (χ4v) is 1.72. The highest BCUT2D eigenvalue weighted by molar-refractivity contribution is 5.87. The number of carbonyl (C=O) groups is 2. The quantitative estimate of drug-likeness (QED) is 0.613. The average molecular weight is 264 g/mol. The normalized spacial score (nSPS) is 10.2. The lowest BCUT2D eigenvalue weighted by atomic mass is 10.1. The summed E-state index contributed by atoms with van der Waals surface area (Å²) in [5, 5.41) is 14.7. The van der Waals surface area contributed by atoms with Gasteiger partial charge in [0.1, 0.15) is 0 Å². The zero-order valence-corrected chi connectivity index (χ0v) is 11.1. The van der Waals surface area contributed by atoms with Crippen molar-refractivity contribution in [3.05, 3.63) is 35.4 Å². The molecule has 1 amide bonds. The van der Waals surface area contributed by atoms with Crippen molar-refractivity contribution in [2.45, 2.75) is 19.3 Å². The molecule has 0 aliphatic carbocycles. The van der Waals surface area contributed by atoms with Gasteiger partial charge in [-0.05, 0) is 44.1 Å². The summed E-state index contributed by atoms with van der Waals surface area (Å²) in [6.07, 6.45) is 1.96. The zero-order chi connectivity index (χ0) is 14.1. The van der Waals surface area contributed by atoms with Crippen molar-refractivity contribution in [2.75, 3.05) is 20.1 Å². The van der Waals surface area contributed by atoms with E-state index in [4.69, 9.17) is 5.11 Å². The van der Waals surface area contributed by atoms with Gasteiger partial charge in [-0.1, -0.05) is 12.1 Å². The molecule has 19 heavy (non-hydrogen) atoms. The summed E-state index contributed by atoms with van der Waals surface area (Å²) in [5.41, 5.74) is 1.19. The predicted molar refractivity (Wildman–Crippen MR) is 73.3 cm³/mol. The number of carboxylic acid groups (broad SMARTS) is 1. The first-order chi connectivity index (χ1) is 9.13. The van der Waals surface area contributed by atoms with Crippen molar-refractivity contribution in [3.8, 4) is 0 Å². The number of rotatable bonds is 8. The van der Waals surface area contributed by atoms with Crippen LogP contribution in [0.2, 0.25) is 0 Å². The van der Waals surface area contributed by atoms with Crippen molar-refractivity contribution < 1.29 is 14.7 Å². The molecule has 1 rings (SSSR count). The number of carboxylic acids is 1. The van der Waals surface area contributed by atoms with E-state index in [9.17, 15) is 9.59 Å². The Hall–Kier alpha value is -1.88. The minimum absolute atomic E-state index is 0.0321. The molecule has 0 aliphatic heterocycles. The molecule has 0 saturated carbocycles. The standard InChI is InChI=1S/C14H20N2O3/c1-15-8-3-6-13(17)16-9-7-11-4-2-5-12(10-11)14(18)19/h2,4-5,10,15H,3,6-9H2,1H3,(H,16,17)(H,18,19). The van der Waals surface area contributed by atoms with Gasteiger partial charge in [0, 0.05) is 13.0 Å². The van der Waals surface area contributed by atoms with Gasteiger partial charge in [0.15, 0.2) is 0 Å². The molecule has 0 bridgehead atoms. The minimum atomic E-state index is -0.932. The van der Waals surface area contributed by atoms with Crippen LogP contribution in [0.5, 0.6) is 0 Å². The molecule has 5 heteroatoms. The van der Waals surface area contributed by atoms with Crippen LogP contribution in [0, 0.1) is 0 Å². The molecule has 0 fully saturated rings. The van der Waals surface area contributed by atoms with Gasteiger partial charge in [0.25, 0.3) is 0 Å². The summed E-state index contributed by atoms with van der Waals surface area (Å²) >= 11 is 0. The second-order valence-electron chi connectivity index (χ2n) is 4.31. The largest absolute Gasteiger partial charge is 0.478 e. The van der Waals surface area contributed by atoms with Gasteiger partial charge in [-0.15, -0.1) is 0 Å². The van der Waals surface area contributed by atoms with E-state index in [1.807, 2.05) is 13.1 Å². The summed E-state index contributed by atoms with van der Waals surface area (Å²) in [7, 11) is 1.85. The Bertz CT molecular complexity index is 432. The lowest BCUT2D eigenvalue weighted by Crippen LogP contribution is -2.26. The maximum Gasteiger partial charge on any atom is 0.335 e. The Labute approximate surface area is 113 Å². The highest BCUT2D eigenvalue weighted by Gasteiger charge is 2.04. The Morgan fingerprint density at radius 2 is 2.05 bits per heavy atom. The average Bonchev–Trinajstić information content (AvgIpc) is 2.39. The summed E-state index contributed by atoms with van der Waals surface area (Å²) in [4.78, 5) is 22.3. The van der Waals surface area contributed by atoms with Gasteiger partial charge in [0.05, 0.1) is 5.56 Å². The van der Waals surface area contributed by atoms with Crippen LogP contribution in [0.25, 0.3) is 0 Å². The van der Waals surface area contributed by atoms with Crippen LogP contribution >= 0.6 is 0 Å². The fraction of sp³-hybridized carbons (Fsp3) is 0.429. The Balaban J connectivity index is 2.31. The monoisotopic (exact) mass is 264 g/mol.